The molecule has 1 N–H and O–H groups in total. The van der Waals surface area contributed by atoms with Crippen molar-refractivity contribution < 1.29 is 14.6 Å². The van der Waals surface area contributed by atoms with Gasteiger partial charge in [-0.15, -0.1) is 0 Å². The van der Waals surface area contributed by atoms with Crippen molar-refractivity contribution in [3.05, 3.63) is 9.67 Å². The van der Waals surface area contributed by atoms with Crippen LogP contribution in [-0.4, -0.2) is 42.7 Å². The standard InChI is InChI=1S/C11H19O3.3C4H9.Sn/c1-3-4-5-7-10(12)8-6-9-11(13)14-2;3*1-3-4-2;/h8,10,12H,3-5,7,9H2,1-2H3;3*1,3-4H2,2H3;/t10-;;;;/m1..../s1. The molecule has 0 spiro atoms. The molecule has 0 heterocycles. The van der Waals surface area contributed by atoms with Crippen LogP contribution in [-0.2, 0) is 9.53 Å². The van der Waals surface area contributed by atoms with E-state index in [-0.39, 0.29) is 5.97 Å². The molecular formula is C23H46O3Sn. The average molecular weight is 489 g/mol. The quantitative estimate of drug-likeness (QED) is 0.139. The summed E-state index contributed by atoms with van der Waals surface area (Å²) in [7, 11) is 1.49. The van der Waals surface area contributed by atoms with Crippen LogP contribution in [0.1, 0.15) is 98.3 Å². The Morgan fingerprint density at radius 3 is 1.78 bits per heavy atom. The molecule has 0 aromatic carbocycles. The first kappa shape index (κ1) is 27.0. The molecule has 0 saturated carbocycles. The van der Waals surface area contributed by atoms with Gasteiger partial charge in [0.15, 0.2) is 0 Å². The van der Waals surface area contributed by atoms with Gasteiger partial charge in [-0.2, -0.15) is 0 Å². The minimum absolute atomic E-state index is 0.132. The third-order valence-electron chi connectivity index (χ3n) is 5.77. The second-order valence-corrected chi connectivity index (χ2v) is 21.5. The number of hydrogen-bond acceptors (Lipinski definition) is 3. The van der Waals surface area contributed by atoms with Crippen LogP contribution in [0.4, 0.5) is 0 Å². The average Bonchev–Trinajstić information content (AvgIpc) is 2.67. The van der Waals surface area contributed by atoms with Gasteiger partial charge in [0.25, 0.3) is 0 Å². The van der Waals surface area contributed by atoms with Crippen molar-refractivity contribution >= 4 is 24.3 Å². The van der Waals surface area contributed by atoms with E-state index in [4.69, 9.17) is 4.74 Å². The van der Waals surface area contributed by atoms with E-state index < -0.39 is 24.5 Å². The summed E-state index contributed by atoms with van der Waals surface area (Å²) in [6.07, 6.45) is 13.7. The molecule has 4 heteroatoms. The zero-order valence-corrected chi connectivity index (χ0v) is 21.7. The van der Waals surface area contributed by atoms with Crippen molar-refractivity contribution in [2.45, 2.75) is 118 Å². The van der Waals surface area contributed by atoms with E-state index in [1.54, 1.807) is 0 Å². The Labute approximate surface area is 173 Å². The Bertz CT molecular complexity index is 385. The van der Waals surface area contributed by atoms with Gasteiger partial charge in [-0.1, -0.05) is 0 Å². The normalized spacial score (nSPS) is 13.6. The van der Waals surface area contributed by atoms with Crippen LogP contribution >= 0.6 is 0 Å². The number of methoxy groups -OCH3 is 1. The summed E-state index contributed by atoms with van der Waals surface area (Å²) in [5.41, 5.74) is 0. The van der Waals surface area contributed by atoms with Crippen molar-refractivity contribution in [1.82, 2.24) is 0 Å². The van der Waals surface area contributed by atoms with Crippen LogP contribution in [0, 0.1) is 0 Å². The molecule has 0 aromatic rings. The molecule has 0 fully saturated rings. The van der Waals surface area contributed by atoms with E-state index in [0.29, 0.717) is 6.42 Å². The van der Waals surface area contributed by atoms with Crippen LogP contribution < -0.4 is 0 Å². The number of esters is 1. The number of carbonyl (C=O) groups is 1. The molecule has 0 saturated heterocycles. The number of ether oxygens (including phenoxy) is 1. The zero-order chi connectivity index (χ0) is 20.5. The topological polar surface area (TPSA) is 46.5 Å². The molecule has 27 heavy (non-hydrogen) atoms. The van der Waals surface area contributed by atoms with Gasteiger partial charge in [0, 0.05) is 0 Å². The fourth-order valence-electron chi connectivity index (χ4n) is 3.97. The second-order valence-electron chi connectivity index (χ2n) is 8.10. The Hall–Kier alpha value is -0.0313. The summed E-state index contributed by atoms with van der Waals surface area (Å²) in [6, 6.07) is 0. The van der Waals surface area contributed by atoms with Gasteiger partial charge in [0.1, 0.15) is 0 Å². The number of rotatable bonds is 17. The molecule has 0 bridgehead atoms. The van der Waals surface area contributed by atoms with Crippen LogP contribution in [0.15, 0.2) is 9.67 Å². The van der Waals surface area contributed by atoms with Gasteiger partial charge in [-0.3, -0.25) is 0 Å². The molecule has 0 unspecified atom stereocenters. The molecule has 160 valence electrons. The van der Waals surface area contributed by atoms with Crippen molar-refractivity contribution in [3.63, 3.8) is 0 Å². The van der Waals surface area contributed by atoms with Crippen molar-refractivity contribution in [2.75, 3.05) is 7.11 Å². The molecule has 3 nitrogen and oxygen atoms in total. The van der Waals surface area contributed by atoms with E-state index in [1.807, 2.05) is 0 Å². The number of carbonyl (C=O) groups excluding carboxylic acids is 1. The Kier molecular flexibility index (Phi) is 16.9. The molecule has 0 aliphatic carbocycles. The van der Waals surface area contributed by atoms with Gasteiger partial charge in [0.2, 0.25) is 0 Å². The van der Waals surface area contributed by atoms with E-state index in [9.17, 15) is 9.90 Å². The summed E-state index contributed by atoms with van der Waals surface area (Å²) in [5.74, 6) is -0.132. The third-order valence-corrected chi connectivity index (χ3v) is 21.9. The molecule has 0 aliphatic heterocycles. The van der Waals surface area contributed by atoms with E-state index in [2.05, 4.69) is 33.8 Å². The summed E-state index contributed by atoms with van der Waals surface area (Å²) in [4.78, 5) is 12.2. The fraction of sp³-hybridized carbons (Fsp3) is 0.870. The molecule has 1 atom stereocenters. The predicted octanol–water partition coefficient (Wildman–Crippen LogP) is 6.81. The maximum absolute atomic E-state index is 12.2. The van der Waals surface area contributed by atoms with Gasteiger partial charge in [0.05, 0.1) is 0 Å². The Balaban J connectivity index is 5.75. The predicted molar refractivity (Wildman–Crippen MR) is 120 cm³/mol. The SMILES string of the molecule is CCCCC[C@@H](O)/C=[C](/CC(=O)OC)[Sn]([CH2]CCC)([CH2]CCC)[CH2]CCC. The van der Waals surface area contributed by atoms with Crippen LogP contribution in [0.5, 0.6) is 0 Å². The second kappa shape index (κ2) is 16.9. The Morgan fingerprint density at radius 1 is 0.889 bits per heavy atom. The summed E-state index contributed by atoms with van der Waals surface area (Å²) in [5, 5.41) is 10.7. The number of hydrogen-bond donors (Lipinski definition) is 1. The molecule has 0 aliphatic rings. The molecule has 0 radical (unpaired) electrons. The molecule has 0 rings (SSSR count). The monoisotopic (exact) mass is 490 g/mol. The third kappa shape index (κ3) is 11.5. The first-order chi connectivity index (χ1) is 13.0. The summed E-state index contributed by atoms with van der Waals surface area (Å²) >= 11 is -2.70. The molecular weight excluding hydrogens is 443 g/mol. The van der Waals surface area contributed by atoms with Gasteiger partial charge < -0.3 is 0 Å². The van der Waals surface area contributed by atoms with Crippen molar-refractivity contribution in [3.8, 4) is 0 Å². The van der Waals surface area contributed by atoms with Crippen molar-refractivity contribution in [1.29, 1.82) is 0 Å². The zero-order valence-electron chi connectivity index (χ0n) is 18.8. The van der Waals surface area contributed by atoms with Crippen LogP contribution in [0.2, 0.25) is 13.3 Å². The first-order valence-corrected chi connectivity index (χ1v) is 18.9. The Morgan fingerprint density at radius 2 is 1.37 bits per heavy atom. The fourth-order valence-corrected chi connectivity index (χ4v) is 20.7. The summed E-state index contributed by atoms with van der Waals surface area (Å²) in [6.45, 7) is 8.98. The number of aliphatic hydroxyl groups excluding tert-OH is 1. The maximum atomic E-state index is 12.2. The van der Waals surface area contributed by atoms with Crippen molar-refractivity contribution in [2.24, 2.45) is 0 Å². The van der Waals surface area contributed by atoms with Crippen LogP contribution in [0.25, 0.3) is 0 Å². The van der Waals surface area contributed by atoms with Gasteiger partial charge in [-0.05, 0) is 0 Å². The summed E-state index contributed by atoms with van der Waals surface area (Å²) < 4.78 is 10.3. The first-order valence-electron chi connectivity index (χ1n) is 11.5. The van der Waals surface area contributed by atoms with Gasteiger partial charge >= 0.3 is 173 Å². The number of aliphatic hydroxyl groups is 1. The minimum atomic E-state index is -2.70. The van der Waals surface area contributed by atoms with Crippen LogP contribution in [0.3, 0.4) is 0 Å². The van der Waals surface area contributed by atoms with Gasteiger partial charge in [-0.25, -0.2) is 0 Å². The van der Waals surface area contributed by atoms with E-state index in [1.165, 1.54) is 62.5 Å². The molecule has 0 aromatic heterocycles. The number of unbranched alkanes of at least 4 members (excludes halogenated alkanes) is 5. The van der Waals surface area contributed by atoms with E-state index in [0.717, 1.165) is 25.7 Å². The van der Waals surface area contributed by atoms with E-state index >= 15 is 0 Å². The molecule has 0 amide bonds.